The molecule has 2 aliphatic heterocycles. The summed E-state index contributed by atoms with van der Waals surface area (Å²) < 4.78 is 8.14. The number of ether oxygens (including phenoxy) is 1. The largest absolute Gasteiger partial charge is 0.444 e. The molecule has 0 spiro atoms. The molecule has 3 aromatic rings. The number of amides is 3. The van der Waals surface area contributed by atoms with Crippen LogP contribution in [0, 0.1) is 6.92 Å². The Morgan fingerprint density at radius 1 is 1.07 bits per heavy atom. The van der Waals surface area contributed by atoms with Gasteiger partial charge in [0.2, 0.25) is 0 Å². The van der Waals surface area contributed by atoms with Crippen LogP contribution in [0.5, 0.6) is 0 Å². The number of halogens is 1. The van der Waals surface area contributed by atoms with Crippen molar-refractivity contribution >= 4 is 33.8 Å². The zero-order valence-corrected chi connectivity index (χ0v) is 27.5. The molecule has 1 N–H and O–H groups in total. The zero-order chi connectivity index (χ0) is 31.9. The summed E-state index contributed by atoms with van der Waals surface area (Å²) in [5.74, 6) is -0.0604. The van der Waals surface area contributed by atoms with E-state index in [9.17, 15) is 19.2 Å². The summed E-state index contributed by atoms with van der Waals surface area (Å²) >= 11 is 3.50. The van der Waals surface area contributed by atoms with Gasteiger partial charge in [0.1, 0.15) is 11.4 Å². The molecule has 1 fully saturated rings. The molecule has 0 radical (unpaired) electrons. The lowest BCUT2D eigenvalue weighted by Crippen LogP contribution is -2.46. The third-order valence-corrected chi connectivity index (χ3v) is 9.02. The number of carbonyl (C=O) groups is 3. The molecular formula is C33H38BrN5O5. The Kier molecular flexibility index (Phi) is 8.71. The highest BCUT2D eigenvalue weighted by atomic mass is 79.9. The van der Waals surface area contributed by atoms with Crippen LogP contribution in [0.15, 0.2) is 51.7 Å². The number of carbonyl (C=O) groups excluding carboxylic acids is 3. The van der Waals surface area contributed by atoms with Crippen molar-refractivity contribution < 1.29 is 19.1 Å². The summed E-state index contributed by atoms with van der Waals surface area (Å²) in [5, 5.41) is 2.61. The fraction of sp³-hybridized carbons (Fsp3) is 0.424. The van der Waals surface area contributed by atoms with E-state index in [-0.39, 0.29) is 35.9 Å². The number of benzene rings is 2. The second-order valence-electron chi connectivity index (χ2n) is 12.5. The van der Waals surface area contributed by atoms with E-state index in [1.54, 1.807) is 51.7 Å². The van der Waals surface area contributed by atoms with Crippen LogP contribution in [0.3, 0.4) is 0 Å². The summed E-state index contributed by atoms with van der Waals surface area (Å²) in [6.45, 7) is 10.4. The van der Waals surface area contributed by atoms with Gasteiger partial charge in [-0.3, -0.25) is 19.0 Å². The summed E-state index contributed by atoms with van der Waals surface area (Å²) in [5.41, 5.74) is 2.89. The van der Waals surface area contributed by atoms with Crippen molar-refractivity contribution in [2.75, 3.05) is 20.1 Å². The van der Waals surface area contributed by atoms with Crippen molar-refractivity contribution in [3.05, 3.63) is 91.1 Å². The number of hydrogen-bond donors (Lipinski definition) is 1. The molecule has 5 rings (SSSR count). The fourth-order valence-corrected chi connectivity index (χ4v) is 6.03. The van der Waals surface area contributed by atoms with E-state index in [2.05, 4.69) is 21.2 Å². The number of nitrogens with zero attached hydrogens (tertiary/aromatic N) is 4. The molecule has 232 valence electrons. The van der Waals surface area contributed by atoms with Crippen LogP contribution in [-0.2, 0) is 17.7 Å². The normalized spacial score (nSPS) is 18.2. The Labute approximate surface area is 265 Å². The molecule has 0 saturated carbocycles. The molecule has 2 unspecified atom stereocenters. The number of nitrogens with one attached hydrogen (secondary N) is 1. The maximum atomic E-state index is 14.3. The third-order valence-electron chi connectivity index (χ3n) is 8.13. The lowest BCUT2D eigenvalue weighted by molar-refractivity contribution is 0.0291. The van der Waals surface area contributed by atoms with Gasteiger partial charge in [-0.1, -0.05) is 15.9 Å². The molecule has 1 aromatic heterocycles. The molecule has 1 saturated heterocycles. The average Bonchev–Trinajstić information content (AvgIpc) is 3.48. The molecule has 44 heavy (non-hydrogen) atoms. The number of hydrogen-bond acceptors (Lipinski definition) is 6. The first-order valence-electron chi connectivity index (χ1n) is 14.8. The van der Waals surface area contributed by atoms with E-state index in [4.69, 9.17) is 9.72 Å². The highest BCUT2D eigenvalue weighted by molar-refractivity contribution is 9.10. The maximum absolute atomic E-state index is 14.3. The zero-order valence-electron chi connectivity index (χ0n) is 25.9. The summed E-state index contributed by atoms with van der Waals surface area (Å²) in [7, 11) is 1.57. The van der Waals surface area contributed by atoms with Gasteiger partial charge >= 0.3 is 6.09 Å². The average molecular weight is 665 g/mol. The minimum atomic E-state index is -0.631. The SMILES string of the molecule is CNC(=O)c1ccc(-n2c(C3CCN(C(=O)OC(C)(C)C)C3)nc3c(c2=O)CC(C)N(C(=O)c2ccc(Br)c(C)c2)C3)cc1. The Bertz CT molecular complexity index is 1680. The van der Waals surface area contributed by atoms with Crippen LogP contribution >= 0.6 is 15.9 Å². The number of likely N-dealkylation sites (tertiary alicyclic amines) is 1. The van der Waals surface area contributed by atoms with Crippen molar-refractivity contribution in [2.45, 2.75) is 71.6 Å². The number of fused-ring (bicyclic) bond motifs is 1. The van der Waals surface area contributed by atoms with Crippen molar-refractivity contribution in [1.29, 1.82) is 0 Å². The number of aromatic nitrogens is 2. The molecule has 3 heterocycles. The molecule has 0 bridgehead atoms. The lowest BCUT2D eigenvalue weighted by Gasteiger charge is -2.35. The van der Waals surface area contributed by atoms with E-state index in [1.165, 1.54) is 0 Å². The van der Waals surface area contributed by atoms with Crippen LogP contribution in [-0.4, -0.2) is 69.0 Å². The highest BCUT2D eigenvalue weighted by Gasteiger charge is 2.36. The number of rotatable bonds is 4. The van der Waals surface area contributed by atoms with Gasteiger partial charge < -0.3 is 19.9 Å². The van der Waals surface area contributed by atoms with Crippen molar-refractivity contribution in [3.8, 4) is 5.69 Å². The molecule has 2 aromatic carbocycles. The lowest BCUT2D eigenvalue weighted by atomic mass is 9.97. The van der Waals surface area contributed by atoms with Gasteiger partial charge in [-0.05, 0) is 95.5 Å². The van der Waals surface area contributed by atoms with Gasteiger partial charge in [0.05, 0.1) is 17.9 Å². The van der Waals surface area contributed by atoms with Crippen LogP contribution in [0.1, 0.15) is 83.4 Å². The third kappa shape index (κ3) is 6.29. The fourth-order valence-electron chi connectivity index (χ4n) is 5.79. The first kappa shape index (κ1) is 31.4. The Morgan fingerprint density at radius 3 is 2.39 bits per heavy atom. The monoisotopic (exact) mass is 663 g/mol. The standard InChI is InChI=1S/C33H38BrN5O5/c1-19-15-22(9-12-26(19)34)30(41)38-18-27-25(16-20(38)2)31(42)39(24-10-7-21(8-11-24)29(40)35-6)28(36-27)23-13-14-37(17-23)32(43)44-33(3,4)5/h7-12,15,20,23H,13-14,16-18H2,1-6H3,(H,35,40). The summed E-state index contributed by atoms with van der Waals surface area (Å²) in [6, 6.07) is 12.1. The maximum Gasteiger partial charge on any atom is 0.410 e. The second-order valence-corrected chi connectivity index (χ2v) is 13.4. The number of aryl methyl sites for hydroxylation is 1. The van der Waals surface area contributed by atoms with Gasteiger partial charge in [-0.15, -0.1) is 0 Å². The van der Waals surface area contributed by atoms with Crippen molar-refractivity contribution in [2.24, 2.45) is 0 Å². The first-order valence-corrected chi connectivity index (χ1v) is 15.6. The minimum Gasteiger partial charge on any atom is -0.444 e. The van der Waals surface area contributed by atoms with Crippen LogP contribution < -0.4 is 10.9 Å². The Hall–Kier alpha value is -3.99. The first-order chi connectivity index (χ1) is 20.8. The van der Waals surface area contributed by atoms with Gasteiger partial charge in [0.15, 0.2) is 0 Å². The van der Waals surface area contributed by atoms with Gasteiger partial charge in [-0.25, -0.2) is 9.78 Å². The van der Waals surface area contributed by atoms with Crippen LogP contribution in [0.4, 0.5) is 4.79 Å². The molecule has 0 aliphatic carbocycles. The summed E-state index contributed by atoms with van der Waals surface area (Å²) in [4.78, 5) is 61.5. The van der Waals surface area contributed by atoms with E-state index in [0.717, 1.165) is 10.0 Å². The smallest absolute Gasteiger partial charge is 0.410 e. The topological polar surface area (TPSA) is 114 Å². The predicted octanol–water partition coefficient (Wildman–Crippen LogP) is 4.97. The predicted molar refractivity (Wildman–Crippen MR) is 170 cm³/mol. The van der Waals surface area contributed by atoms with Gasteiger partial charge in [0, 0.05) is 53.3 Å². The van der Waals surface area contributed by atoms with Crippen LogP contribution in [0.25, 0.3) is 5.69 Å². The van der Waals surface area contributed by atoms with Crippen molar-refractivity contribution in [1.82, 2.24) is 24.7 Å². The minimum absolute atomic E-state index is 0.118. The van der Waals surface area contributed by atoms with E-state index < -0.39 is 11.7 Å². The molecule has 10 nitrogen and oxygen atoms in total. The van der Waals surface area contributed by atoms with Crippen molar-refractivity contribution in [3.63, 3.8) is 0 Å². The molecule has 3 amide bonds. The van der Waals surface area contributed by atoms with Crippen LogP contribution in [0.2, 0.25) is 0 Å². The summed E-state index contributed by atoms with van der Waals surface area (Å²) in [6.07, 6.45) is 0.545. The molecule has 2 atom stereocenters. The highest BCUT2D eigenvalue weighted by Crippen LogP contribution is 2.31. The van der Waals surface area contributed by atoms with E-state index >= 15 is 0 Å². The molecule has 11 heteroatoms. The molecule has 2 aliphatic rings. The Morgan fingerprint density at radius 2 is 1.75 bits per heavy atom. The second kappa shape index (κ2) is 12.2. The van der Waals surface area contributed by atoms with E-state index in [1.807, 2.05) is 46.8 Å². The quantitative estimate of drug-likeness (QED) is 0.422. The molecular weight excluding hydrogens is 626 g/mol. The van der Waals surface area contributed by atoms with Gasteiger partial charge in [0.25, 0.3) is 17.4 Å². The van der Waals surface area contributed by atoms with Gasteiger partial charge in [-0.2, -0.15) is 0 Å². The van der Waals surface area contributed by atoms with E-state index in [0.29, 0.717) is 59.8 Å². The Balaban J connectivity index is 1.55.